The van der Waals surface area contributed by atoms with E-state index in [-0.39, 0.29) is 34.6 Å². The Kier molecular flexibility index (Phi) is 5.46. The zero-order chi connectivity index (χ0) is 18.2. The molecular formula is C17H21ClN2O3S2. The number of halogens is 1. The van der Waals surface area contributed by atoms with Gasteiger partial charge in [-0.15, -0.1) is 0 Å². The van der Waals surface area contributed by atoms with Crippen LogP contribution in [0.25, 0.3) is 0 Å². The summed E-state index contributed by atoms with van der Waals surface area (Å²) >= 11 is 7.72. The Bertz CT molecular complexity index is 806. The van der Waals surface area contributed by atoms with Crippen LogP contribution in [-0.2, 0) is 14.6 Å². The van der Waals surface area contributed by atoms with Crippen molar-refractivity contribution in [3.63, 3.8) is 0 Å². The predicted molar refractivity (Wildman–Crippen MR) is 104 cm³/mol. The lowest BCUT2D eigenvalue weighted by Gasteiger charge is -2.25. The van der Waals surface area contributed by atoms with E-state index in [2.05, 4.69) is 4.99 Å². The van der Waals surface area contributed by atoms with Gasteiger partial charge in [0, 0.05) is 11.2 Å². The molecule has 1 aromatic carbocycles. The second kappa shape index (κ2) is 7.29. The van der Waals surface area contributed by atoms with Crippen molar-refractivity contribution in [2.75, 3.05) is 16.4 Å². The maximum absolute atomic E-state index is 12.5. The number of aliphatic imine (C=N–C) groups is 1. The van der Waals surface area contributed by atoms with Crippen molar-refractivity contribution in [3.8, 4) is 0 Å². The van der Waals surface area contributed by atoms with E-state index in [1.807, 2.05) is 36.9 Å². The summed E-state index contributed by atoms with van der Waals surface area (Å²) < 4.78 is 24.1. The molecule has 2 heterocycles. The topological polar surface area (TPSA) is 66.8 Å². The Morgan fingerprint density at radius 1 is 1.32 bits per heavy atom. The molecule has 1 amide bonds. The number of carbonyl (C=O) groups excluding carboxylic acids is 1. The normalized spacial score (nSPS) is 26.4. The SMILES string of the molecule is CCC(CC)C(=O)N=C1S[C@@H]2CS(=O)(=O)C[C@@H]2N1c1ccccc1Cl. The Labute approximate surface area is 157 Å². The third-order valence-electron chi connectivity index (χ3n) is 4.72. The van der Waals surface area contributed by atoms with E-state index < -0.39 is 9.84 Å². The van der Waals surface area contributed by atoms with Gasteiger partial charge in [-0.25, -0.2) is 8.42 Å². The highest BCUT2D eigenvalue weighted by molar-refractivity contribution is 8.16. The molecule has 0 bridgehead atoms. The predicted octanol–water partition coefficient (Wildman–Crippen LogP) is 3.38. The number of rotatable bonds is 4. The van der Waals surface area contributed by atoms with Crippen molar-refractivity contribution in [1.82, 2.24) is 0 Å². The fraction of sp³-hybridized carbons (Fsp3) is 0.529. The molecule has 8 heteroatoms. The van der Waals surface area contributed by atoms with Gasteiger partial charge < -0.3 is 4.90 Å². The zero-order valence-electron chi connectivity index (χ0n) is 14.2. The summed E-state index contributed by atoms with van der Waals surface area (Å²) in [5, 5.41) is 0.972. The van der Waals surface area contributed by atoms with Gasteiger partial charge in [0.1, 0.15) is 0 Å². The van der Waals surface area contributed by atoms with Gasteiger partial charge in [-0.05, 0) is 25.0 Å². The summed E-state index contributed by atoms with van der Waals surface area (Å²) in [6.45, 7) is 3.95. The van der Waals surface area contributed by atoms with Crippen LogP contribution < -0.4 is 4.90 Å². The first-order valence-corrected chi connectivity index (χ1v) is 11.5. The Morgan fingerprint density at radius 3 is 2.64 bits per heavy atom. The molecule has 1 aromatic rings. The smallest absolute Gasteiger partial charge is 0.251 e. The van der Waals surface area contributed by atoms with Gasteiger partial charge in [0.25, 0.3) is 5.91 Å². The Hall–Kier alpha value is -1.05. The van der Waals surface area contributed by atoms with E-state index in [1.54, 1.807) is 6.07 Å². The zero-order valence-corrected chi connectivity index (χ0v) is 16.6. The molecule has 2 atom stereocenters. The molecule has 2 fully saturated rings. The van der Waals surface area contributed by atoms with E-state index in [9.17, 15) is 13.2 Å². The molecule has 2 aliphatic heterocycles. The molecule has 0 N–H and O–H groups in total. The molecule has 0 saturated carbocycles. The number of amides is 1. The van der Waals surface area contributed by atoms with Crippen molar-refractivity contribution in [2.45, 2.75) is 38.0 Å². The molecular weight excluding hydrogens is 380 g/mol. The number of nitrogens with zero attached hydrogens (tertiary/aromatic N) is 2. The fourth-order valence-corrected chi connectivity index (χ4v) is 7.46. The number of fused-ring (bicyclic) bond motifs is 1. The second-order valence-corrected chi connectivity index (χ2v) is 10.1. The van der Waals surface area contributed by atoms with E-state index in [4.69, 9.17) is 11.6 Å². The van der Waals surface area contributed by atoms with Crippen molar-refractivity contribution >= 4 is 50.0 Å². The van der Waals surface area contributed by atoms with E-state index in [0.717, 1.165) is 12.8 Å². The molecule has 2 saturated heterocycles. The molecule has 2 aliphatic rings. The summed E-state index contributed by atoms with van der Waals surface area (Å²) in [7, 11) is -3.08. The highest BCUT2D eigenvalue weighted by atomic mass is 35.5. The first kappa shape index (κ1) is 18.7. The van der Waals surface area contributed by atoms with Gasteiger partial charge in [-0.2, -0.15) is 4.99 Å². The summed E-state index contributed by atoms with van der Waals surface area (Å²) in [6.07, 6.45) is 1.48. The highest BCUT2D eigenvalue weighted by Crippen LogP contribution is 2.43. The maximum Gasteiger partial charge on any atom is 0.251 e. The quantitative estimate of drug-likeness (QED) is 0.775. The fourth-order valence-electron chi connectivity index (χ4n) is 3.32. The van der Waals surface area contributed by atoms with Crippen molar-refractivity contribution < 1.29 is 13.2 Å². The number of hydrogen-bond donors (Lipinski definition) is 0. The van der Waals surface area contributed by atoms with Crippen molar-refractivity contribution in [1.29, 1.82) is 0 Å². The van der Waals surface area contributed by atoms with Crippen LogP contribution in [0.5, 0.6) is 0 Å². The number of para-hydroxylation sites is 1. The molecule has 25 heavy (non-hydrogen) atoms. The second-order valence-electron chi connectivity index (χ2n) is 6.37. The minimum atomic E-state index is -3.08. The number of amidine groups is 1. The van der Waals surface area contributed by atoms with Crippen LogP contribution in [0.3, 0.4) is 0 Å². The van der Waals surface area contributed by atoms with Gasteiger partial charge in [-0.1, -0.05) is 49.3 Å². The lowest BCUT2D eigenvalue weighted by molar-refractivity contribution is -0.121. The largest absolute Gasteiger partial charge is 0.314 e. The number of hydrogen-bond acceptors (Lipinski definition) is 4. The lowest BCUT2D eigenvalue weighted by atomic mass is 10.0. The Balaban J connectivity index is 2.01. The third kappa shape index (κ3) is 3.73. The first-order valence-electron chi connectivity index (χ1n) is 8.39. The molecule has 5 nitrogen and oxygen atoms in total. The van der Waals surface area contributed by atoms with Crippen LogP contribution in [0.4, 0.5) is 5.69 Å². The van der Waals surface area contributed by atoms with Crippen molar-refractivity contribution in [2.24, 2.45) is 10.9 Å². The van der Waals surface area contributed by atoms with Gasteiger partial charge in [-0.3, -0.25) is 4.79 Å². The maximum atomic E-state index is 12.5. The Morgan fingerprint density at radius 2 is 2.00 bits per heavy atom. The van der Waals surface area contributed by atoms with E-state index >= 15 is 0 Å². The van der Waals surface area contributed by atoms with E-state index in [0.29, 0.717) is 15.9 Å². The van der Waals surface area contributed by atoms with Gasteiger partial charge in [0.15, 0.2) is 15.0 Å². The highest BCUT2D eigenvalue weighted by Gasteiger charge is 2.49. The summed E-state index contributed by atoms with van der Waals surface area (Å²) in [5.74, 6) is -0.0759. The summed E-state index contributed by atoms with van der Waals surface area (Å²) in [4.78, 5) is 18.7. The molecule has 0 spiro atoms. The number of carbonyl (C=O) groups is 1. The molecule has 0 unspecified atom stereocenters. The van der Waals surface area contributed by atoms with Crippen molar-refractivity contribution in [3.05, 3.63) is 29.3 Å². The number of benzene rings is 1. The van der Waals surface area contributed by atoms with Crippen LogP contribution in [0, 0.1) is 5.92 Å². The number of sulfone groups is 1. The van der Waals surface area contributed by atoms with Crippen LogP contribution in [0.1, 0.15) is 26.7 Å². The lowest BCUT2D eigenvalue weighted by Crippen LogP contribution is -2.38. The van der Waals surface area contributed by atoms with Crippen LogP contribution in [0.2, 0.25) is 5.02 Å². The molecule has 136 valence electrons. The average molecular weight is 401 g/mol. The number of anilines is 1. The third-order valence-corrected chi connectivity index (χ3v) is 8.25. The number of thioether (sulfide) groups is 1. The van der Waals surface area contributed by atoms with Crippen LogP contribution in [-0.4, -0.2) is 42.3 Å². The first-order chi connectivity index (χ1) is 11.9. The standard InChI is InChI=1S/C17H21ClN2O3S2/c1-3-11(4-2)16(21)19-17-20(13-8-6-5-7-12(13)18)14-9-25(22,23)10-15(14)24-17/h5-8,11,14-15H,3-4,9-10H2,1-2H3/t14-,15+/m0/s1. The molecule has 0 radical (unpaired) electrons. The van der Waals surface area contributed by atoms with Gasteiger partial charge >= 0.3 is 0 Å². The van der Waals surface area contributed by atoms with E-state index in [1.165, 1.54) is 11.8 Å². The van der Waals surface area contributed by atoms with Crippen LogP contribution >= 0.6 is 23.4 Å². The summed E-state index contributed by atoms with van der Waals surface area (Å²) in [6, 6.07) is 7.04. The minimum absolute atomic E-state index is 0.0636. The van der Waals surface area contributed by atoms with Gasteiger partial charge in [0.2, 0.25) is 0 Å². The monoisotopic (exact) mass is 400 g/mol. The summed E-state index contributed by atoms with van der Waals surface area (Å²) in [5.41, 5.74) is 0.706. The molecule has 0 aromatic heterocycles. The molecule has 3 rings (SSSR count). The van der Waals surface area contributed by atoms with Gasteiger partial charge in [0.05, 0.1) is 28.3 Å². The average Bonchev–Trinajstić information content (AvgIpc) is 3.00. The minimum Gasteiger partial charge on any atom is -0.314 e. The molecule has 0 aliphatic carbocycles. The van der Waals surface area contributed by atoms with Crippen LogP contribution in [0.15, 0.2) is 29.3 Å².